The molecule has 8 heteroatoms. The lowest BCUT2D eigenvalue weighted by molar-refractivity contribution is -0.120. The number of rotatable bonds is 6. The Bertz CT molecular complexity index is 852. The van der Waals surface area contributed by atoms with Crippen molar-refractivity contribution in [2.75, 3.05) is 32.8 Å². The minimum Gasteiger partial charge on any atom is -0.391 e. The van der Waals surface area contributed by atoms with Crippen molar-refractivity contribution in [3.8, 4) is 0 Å². The lowest BCUT2D eigenvalue weighted by atomic mass is 9.74. The number of benzene rings is 1. The molecule has 8 nitrogen and oxygen atoms in total. The van der Waals surface area contributed by atoms with Crippen LogP contribution in [0.1, 0.15) is 42.6 Å². The van der Waals surface area contributed by atoms with Crippen LogP contribution in [-0.4, -0.2) is 71.2 Å². The molecule has 1 saturated heterocycles. The van der Waals surface area contributed by atoms with Crippen molar-refractivity contribution in [2.45, 2.75) is 56.6 Å². The summed E-state index contributed by atoms with van der Waals surface area (Å²) < 4.78 is 10.2. The molecule has 0 bridgehead atoms. The van der Waals surface area contributed by atoms with Gasteiger partial charge in [-0.25, -0.2) is 4.63 Å². The fourth-order valence-electron chi connectivity index (χ4n) is 4.94. The second-order valence-electron chi connectivity index (χ2n) is 8.76. The summed E-state index contributed by atoms with van der Waals surface area (Å²) in [6.45, 7) is 5.48. The molecule has 1 aliphatic heterocycles. The van der Waals surface area contributed by atoms with Crippen LogP contribution in [0.4, 0.5) is 0 Å². The van der Waals surface area contributed by atoms with Crippen molar-refractivity contribution < 1.29 is 19.3 Å². The maximum Gasteiger partial charge on any atom is 0.226 e. The lowest BCUT2D eigenvalue weighted by Crippen LogP contribution is -2.48. The van der Waals surface area contributed by atoms with Crippen molar-refractivity contribution in [2.24, 2.45) is 0 Å². The summed E-state index contributed by atoms with van der Waals surface area (Å²) in [5.74, 6) is -0.0939. The molecule has 3 atom stereocenters. The van der Waals surface area contributed by atoms with Crippen LogP contribution >= 0.6 is 0 Å². The molecule has 31 heavy (non-hydrogen) atoms. The summed E-state index contributed by atoms with van der Waals surface area (Å²) >= 11 is 0. The van der Waals surface area contributed by atoms with E-state index in [1.165, 1.54) is 5.56 Å². The van der Waals surface area contributed by atoms with Crippen molar-refractivity contribution >= 4 is 5.91 Å². The van der Waals surface area contributed by atoms with Crippen LogP contribution in [0.5, 0.6) is 0 Å². The number of aliphatic hydroxyl groups is 1. The Balaban J connectivity index is 1.49. The van der Waals surface area contributed by atoms with Gasteiger partial charge in [-0.05, 0) is 38.2 Å². The number of amides is 1. The highest BCUT2D eigenvalue weighted by atomic mass is 16.6. The number of hydrogen-bond acceptors (Lipinski definition) is 7. The standard InChI is InChI=1S/C23H32N4O4/c1-17-19(26-31-25-17)15-22(29)24-16-23(18-5-3-2-4-6-18)9-7-20(21(28)8-10-23)27-11-13-30-14-12-27/h2-6,20-21,28H,7-16H2,1H3,(H,24,29)/t20-,21-,23-/m1/s1. The zero-order chi connectivity index (χ0) is 21.7. The molecule has 1 aromatic carbocycles. The molecule has 1 saturated carbocycles. The largest absolute Gasteiger partial charge is 0.391 e. The van der Waals surface area contributed by atoms with Crippen molar-refractivity contribution in [1.29, 1.82) is 0 Å². The Hall–Kier alpha value is -2.29. The van der Waals surface area contributed by atoms with E-state index in [9.17, 15) is 9.90 Å². The molecule has 2 fully saturated rings. The molecule has 1 amide bonds. The highest BCUT2D eigenvalue weighted by Gasteiger charge is 2.40. The maximum atomic E-state index is 12.6. The van der Waals surface area contributed by atoms with Gasteiger partial charge in [-0.1, -0.05) is 40.6 Å². The van der Waals surface area contributed by atoms with E-state index < -0.39 is 0 Å². The monoisotopic (exact) mass is 428 g/mol. The highest BCUT2D eigenvalue weighted by molar-refractivity contribution is 5.78. The number of nitrogens with zero attached hydrogens (tertiary/aromatic N) is 3. The average molecular weight is 429 g/mol. The van der Waals surface area contributed by atoms with Crippen molar-refractivity contribution in [3.63, 3.8) is 0 Å². The van der Waals surface area contributed by atoms with Gasteiger partial charge in [0.2, 0.25) is 5.91 Å². The zero-order valence-corrected chi connectivity index (χ0v) is 18.1. The van der Waals surface area contributed by atoms with Crippen LogP contribution in [0.25, 0.3) is 0 Å². The van der Waals surface area contributed by atoms with E-state index in [1.54, 1.807) is 6.92 Å². The number of morpholine rings is 1. The van der Waals surface area contributed by atoms with E-state index in [2.05, 4.69) is 32.7 Å². The molecule has 2 aliphatic rings. The molecule has 0 unspecified atom stereocenters. The summed E-state index contributed by atoms with van der Waals surface area (Å²) in [6.07, 6.45) is 3.10. The third-order valence-corrected chi connectivity index (χ3v) is 6.88. The molecule has 2 aromatic rings. The molecule has 1 aliphatic carbocycles. The summed E-state index contributed by atoms with van der Waals surface area (Å²) in [4.78, 5) is 15.0. The first-order chi connectivity index (χ1) is 15.1. The maximum absolute atomic E-state index is 12.6. The third-order valence-electron chi connectivity index (χ3n) is 6.88. The Morgan fingerprint density at radius 2 is 1.94 bits per heavy atom. The fourth-order valence-corrected chi connectivity index (χ4v) is 4.94. The van der Waals surface area contributed by atoms with E-state index in [1.807, 2.05) is 18.2 Å². The Morgan fingerprint density at radius 1 is 1.19 bits per heavy atom. The van der Waals surface area contributed by atoms with E-state index in [4.69, 9.17) is 9.37 Å². The number of ether oxygens (including phenoxy) is 1. The van der Waals surface area contributed by atoms with E-state index in [-0.39, 0.29) is 29.9 Å². The molecule has 0 radical (unpaired) electrons. The minimum atomic E-state index is -0.372. The third kappa shape index (κ3) is 5.14. The van der Waals surface area contributed by atoms with Gasteiger partial charge in [0.05, 0.1) is 25.7 Å². The summed E-state index contributed by atoms with van der Waals surface area (Å²) in [5.41, 5.74) is 2.20. The minimum absolute atomic E-state index is 0.0939. The second-order valence-corrected chi connectivity index (χ2v) is 8.76. The van der Waals surface area contributed by atoms with Crippen LogP contribution in [0, 0.1) is 6.92 Å². The van der Waals surface area contributed by atoms with Gasteiger partial charge in [-0.2, -0.15) is 0 Å². The van der Waals surface area contributed by atoms with E-state index in [0.717, 1.165) is 45.6 Å². The number of aliphatic hydroxyl groups excluding tert-OH is 1. The van der Waals surface area contributed by atoms with Crippen LogP contribution in [0.2, 0.25) is 0 Å². The van der Waals surface area contributed by atoms with E-state index in [0.29, 0.717) is 24.4 Å². The molecular weight excluding hydrogens is 396 g/mol. The van der Waals surface area contributed by atoms with Crippen LogP contribution < -0.4 is 5.32 Å². The van der Waals surface area contributed by atoms with Gasteiger partial charge in [0.25, 0.3) is 0 Å². The lowest BCUT2D eigenvalue weighted by Gasteiger charge is -2.37. The first kappa shape index (κ1) is 21.9. The van der Waals surface area contributed by atoms with Gasteiger partial charge in [-0.15, -0.1) is 0 Å². The quantitative estimate of drug-likeness (QED) is 0.674. The summed E-state index contributed by atoms with van der Waals surface area (Å²) in [7, 11) is 0. The number of aromatic nitrogens is 2. The van der Waals surface area contributed by atoms with Gasteiger partial charge < -0.3 is 15.2 Å². The number of aryl methyl sites for hydroxylation is 1. The predicted octanol–water partition coefficient (Wildman–Crippen LogP) is 1.61. The predicted molar refractivity (Wildman–Crippen MR) is 115 cm³/mol. The summed E-state index contributed by atoms with van der Waals surface area (Å²) in [5, 5.41) is 21.7. The zero-order valence-electron chi connectivity index (χ0n) is 18.1. The van der Waals surface area contributed by atoms with Crippen molar-refractivity contribution in [3.05, 3.63) is 47.3 Å². The first-order valence-corrected chi connectivity index (χ1v) is 11.2. The first-order valence-electron chi connectivity index (χ1n) is 11.2. The molecule has 2 N–H and O–H groups in total. The highest BCUT2D eigenvalue weighted by Crippen LogP contribution is 2.39. The van der Waals surface area contributed by atoms with Gasteiger partial charge in [0.1, 0.15) is 11.4 Å². The fraction of sp³-hybridized carbons (Fsp3) is 0.609. The number of hydrogen-bond donors (Lipinski definition) is 2. The molecule has 4 rings (SSSR count). The normalized spacial score (nSPS) is 27.5. The number of carbonyl (C=O) groups excluding carboxylic acids is 1. The SMILES string of the molecule is Cc1nonc1CC(=O)NC[C@]1(c2ccccc2)CC[C@@H](O)[C@H](N2CCOCC2)CC1. The smallest absolute Gasteiger partial charge is 0.226 e. The molecule has 1 aromatic heterocycles. The molecule has 0 spiro atoms. The van der Waals surface area contributed by atoms with Crippen LogP contribution in [0.15, 0.2) is 35.0 Å². The van der Waals surface area contributed by atoms with Gasteiger partial charge in [0.15, 0.2) is 0 Å². The van der Waals surface area contributed by atoms with Crippen LogP contribution in [-0.2, 0) is 21.4 Å². The Morgan fingerprint density at radius 3 is 2.65 bits per heavy atom. The topological polar surface area (TPSA) is 101 Å². The Kier molecular flexibility index (Phi) is 6.99. The van der Waals surface area contributed by atoms with Crippen molar-refractivity contribution in [1.82, 2.24) is 20.5 Å². The van der Waals surface area contributed by atoms with Gasteiger partial charge in [-0.3, -0.25) is 9.69 Å². The molecule has 168 valence electrons. The Labute approximate surface area is 182 Å². The van der Waals surface area contributed by atoms with Crippen LogP contribution in [0.3, 0.4) is 0 Å². The number of carbonyl (C=O) groups is 1. The number of nitrogens with one attached hydrogen (secondary N) is 1. The van der Waals surface area contributed by atoms with Gasteiger partial charge in [0, 0.05) is 31.1 Å². The second kappa shape index (κ2) is 9.89. The average Bonchev–Trinajstić information content (AvgIpc) is 3.12. The van der Waals surface area contributed by atoms with E-state index >= 15 is 0 Å². The summed E-state index contributed by atoms with van der Waals surface area (Å²) in [6, 6.07) is 10.5. The van der Waals surface area contributed by atoms with Gasteiger partial charge >= 0.3 is 0 Å². The molecule has 2 heterocycles. The molecular formula is C23H32N4O4.